The van der Waals surface area contributed by atoms with Crippen LogP contribution in [0.1, 0.15) is 29.1 Å². The summed E-state index contributed by atoms with van der Waals surface area (Å²) in [4.78, 5) is 15.1. The third-order valence-electron chi connectivity index (χ3n) is 5.46. The molecule has 0 bridgehead atoms. The highest BCUT2D eigenvalue weighted by molar-refractivity contribution is 14.0. The Balaban J connectivity index is 0.00000320. The third kappa shape index (κ3) is 7.69. The molecule has 1 aromatic heterocycles. The van der Waals surface area contributed by atoms with Gasteiger partial charge in [-0.3, -0.25) is 9.89 Å². The fourth-order valence-electron chi connectivity index (χ4n) is 3.76. The van der Waals surface area contributed by atoms with E-state index in [1.807, 2.05) is 7.05 Å². The van der Waals surface area contributed by atoms with Gasteiger partial charge in [-0.1, -0.05) is 12.1 Å². The fourth-order valence-corrected chi connectivity index (χ4v) is 4.77. The predicted molar refractivity (Wildman–Crippen MR) is 141 cm³/mol. The molecule has 5 nitrogen and oxygen atoms in total. The number of thiazole rings is 1. The third-order valence-corrected chi connectivity index (χ3v) is 7.03. The average molecular weight is 560 g/mol. The molecule has 0 amide bonds. The molecule has 3 rings (SSSR count). The smallest absolute Gasteiger partial charge is 0.193 e. The largest absolute Gasteiger partial charge is 0.356 e. The predicted octanol–water partition coefficient (Wildman–Crippen LogP) is 4.71. The maximum atomic E-state index is 4.60. The van der Waals surface area contributed by atoms with Crippen molar-refractivity contribution in [1.82, 2.24) is 20.1 Å². The number of aliphatic imine (C=N–C) groups is 1. The zero-order chi connectivity index (χ0) is 20.6. The number of aryl methyl sites for hydroxylation is 1. The van der Waals surface area contributed by atoms with Gasteiger partial charge in [-0.2, -0.15) is 0 Å². The van der Waals surface area contributed by atoms with Crippen molar-refractivity contribution in [1.29, 1.82) is 0 Å². The molecule has 0 radical (unpaired) electrons. The van der Waals surface area contributed by atoms with Gasteiger partial charge >= 0.3 is 0 Å². The van der Waals surface area contributed by atoms with Crippen LogP contribution in [0.25, 0.3) is 0 Å². The van der Waals surface area contributed by atoms with Crippen LogP contribution in [0.2, 0.25) is 0 Å². The summed E-state index contributed by atoms with van der Waals surface area (Å²) in [5.74, 6) is 1.67. The summed E-state index contributed by atoms with van der Waals surface area (Å²) in [6.45, 7) is 7.23. The minimum atomic E-state index is 0. The Morgan fingerprint density at radius 3 is 2.57 bits per heavy atom. The Hall–Kier alpha value is -0.840. The molecule has 8 heteroatoms. The minimum absolute atomic E-state index is 0. The second-order valence-electron chi connectivity index (χ2n) is 7.71. The molecule has 1 aliphatic rings. The monoisotopic (exact) mass is 559 g/mol. The quantitative estimate of drug-likeness (QED) is 0.231. The Morgan fingerprint density at radius 1 is 1.30 bits per heavy atom. The molecule has 30 heavy (non-hydrogen) atoms. The number of benzene rings is 1. The van der Waals surface area contributed by atoms with Gasteiger partial charge in [0.25, 0.3) is 0 Å². The van der Waals surface area contributed by atoms with E-state index in [4.69, 9.17) is 0 Å². The molecule has 1 saturated heterocycles. The van der Waals surface area contributed by atoms with Gasteiger partial charge in [0.1, 0.15) is 0 Å². The van der Waals surface area contributed by atoms with Gasteiger partial charge in [-0.05, 0) is 62.7 Å². The first-order valence-electron chi connectivity index (χ1n) is 10.3. The van der Waals surface area contributed by atoms with Gasteiger partial charge in [0.15, 0.2) is 5.96 Å². The number of thioether (sulfide) groups is 1. The number of hydrogen-bond acceptors (Lipinski definition) is 5. The number of likely N-dealkylation sites (tertiary alicyclic amines) is 1. The maximum absolute atomic E-state index is 4.60. The molecule has 0 atom stereocenters. The van der Waals surface area contributed by atoms with Crippen LogP contribution in [-0.4, -0.2) is 60.7 Å². The number of nitrogens with one attached hydrogen (secondary N) is 1. The Kier molecular flexibility index (Phi) is 10.9. The van der Waals surface area contributed by atoms with Crippen molar-refractivity contribution in [3.63, 3.8) is 0 Å². The van der Waals surface area contributed by atoms with Crippen LogP contribution < -0.4 is 5.32 Å². The van der Waals surface area contributed by atoms with Crippen LogP contribution in [0.5, 0.6) is 0 Å². The SMILES string of the molecule is CN=C(NCC1CCN(Cc2csc(C)n2)CC1)N(C)Cc1ccc(SC)cc1.I. The molecule has 166 valence electrons. The van der Waals surface area contributed by atoms with E-state index in [0.29, 0.717) is 5.92 Å². The van der Waals surface area contributed by atoms with E-state index in [1.54, 1.807) is 23.1 Å². The molecule has 1 fully saturated rings. The van der Waals surface area contributed by atoms with E-state index >= 15 is 0 Å². The van der Waals surface area contributed by atoms with Crippen molar-refractivity contribution in [2.24, 2.45) is 10.9 Å². The van der Waals surface area contributed by atoms with Crippen molar-refractivity contribution in [3.8, 4) is 0 Å². The van der Waals surface area contributed by atoms with E-state index in [9.17, 15) is 0 Å². The molecular weight excluding hydrogens is 525 g/mol. The highest BCUT2D eigenvalue weighted by atomic mass is 127. The normalized spacial score (nSPS) is 15.7. The van der Waals surface area contributed by atoms with Crippen LogP contribution in [0.15, 0.2) is 39.5 Å². The van der Waals surface area contributed by atoms with Gasteiger partial charge in [-0.25, -0.2) is 4.98 Å². The molecule has 0 spiro atoms. The Labute approximate surface area is 206 Å². The fraction of sp³-hybridized carbons (Fsp3) is 0.545. The highest BCUT2D eigenvalue weighted by Crippen LogP contribution is 2.19. The summed E-state index contributed by atoms with van der Waals surface area (Å²) in [5, 5.41) is 6.95. The number of piperidine rings is 1. The Bertz CT molecular complexity index is 785. The summed E-state index contributed by atoms with van der Waals surface area (Å²) < 4.78 is 0. The molecule has 0 unspecified atom stereocenters. The molecule has 1 aromatic carbocycles. The molecule has 0 aliphatic carbocycles. The van der Waals surface area contributed by atoms with Crippen molar-refractivity contribution in [2.75, 3.05) is 40.0 Å². The number of halogens is 1. The number of rotatable bonds is 7. The summed E-state index contributed by atoms with van der Waals surface area (Å²) in [6, 6.07) is 8.78. The number of guanidine groups is 1. The average Bonchev–Trinajstić information content (AvgIpc) is 3.15. The lowest BCUT2D eigenvalue weighted by atomic mass is 9.97. The summed E-state index contributed by atoms with van der Waals surface area (Å²) in [6.07, 6.45) is 4.57. The van der Waals surface area contributed by atoms with Gasteiger partial charge in [0.05, 0.1) is 10.7 Å². The number of aromatic nitrogens is 1. The molecule has 1 aliphatic heterocycles. The van der Waals surface area contributed by atoms with Crippen molar-refractivity contribution in [3.05, 3.63) is 45.9 Å². The maximum Gasteiger partial charge on any atom is 0.193 e. The first-order valence-corrected chi connectivity index (χ1v) is 12.4. The zero-order valence-corrected chi connectivity index (χ0v) is 22.4. The van der Waals surface area contributed by atoms with E-state index in [1.165, 1.54) is 29.0 Å². The highest BCUT2D eigenvalue weighted by Gasteiger charge is 2.20. The van der Waals surface area contributed by atoms with E-state index < -0.39 is 0 Å². The van der Waals surface area contributed by atoms with E-state index in [-0.39, 0.29) is 24.0 Å². The summed E-state index contributed by atoms with van der Waals surface area (Å²) in [5.41, 5.74) is 2.52. The van der Waals surface area contributed by atoms with E-state index in [0.717, 1.165) is 43.7 Å². The lowest BCUT2D eigenvalue weighted by Gasteiger charge is -2.32. The van der Waals surface area contributed by atoms with Crippen molar-refractivity contribution >= 4 is 53.0 Å². The van der Waals surface area contributed by atoms with Crippen LogP contribution in [-0.2, 0) is 13.1 Å². The molecular formula is C22H34IN5S2. The topological polar surface area (TPSA) is 43.8 Å². The van der Waals surface area contributed by atoms with Gasteiger partial charge in [-0.15, -0.1) is 47.1 Å². The molecule has 2 aromatic rings. The van der Waals surface area contributed by atoms with Gasteiger partial charge in [0.2, 0.25) is 0 Å². The van der Waals surface area contributed by atoms with Crippen molar-refractivity contribution in [2.45, 2.75) is 37.8 Å². The summed E-state index contributed by atoms with van der Waals surface area (Å²) >= 11 is 3.52. The first kappa shape index (κ1) is 25.4. The lowest BCUT2D eigenvalue weighted by Crippen LogP contribution is -2.43. The van der Waals surface area contributed by atoms with Crippen LogP contribution in [0.3, 0.4) is 0 Å². The number of hydrogen-bond donors (Lipinski definition) is 1. The van der Waals surface area contributed by atoms with Gasteiger partial charge < -0.3 is 10.2 Å². The first-order chi connectivity index (χ1) is 14.1. The van der Waals surface area contributed by atoms with E-state index in [2.05, 4.69) is 75.0 Å². The lowest BCUT2D eigenvalue weighted by molar-refractivity contribution is 0.176. The zero-order valence-electron chi connectivity index (χ0n) is 18.4. The standard InChI is InChI=1S/C22H33N5S2.HI/c1-17-25-20(16-29-17)15-27-11-9-18(10-12-27)13-24-22(23-2)26(3)14-19-5-7-21(28-4)8-6-19;/h5-8,16,18H,9-15H2,1-4H3,(H,23,24);1H. The van der Waals surface area contributed by atoms with Crippen LogP contribution in [0.4, 0.5) is 0 Å². The summed E-state index contributed by atoms with van der Waals surface area (Å²) in [7, 11) is 3.98. The van der Waals surface area contributed by atoms with Crippen LogP contribution >= 0.6 is 47.1 Å². The Morgan fingerprint density at radius 2 is 2.00 bits per heavy atom. The molecule has 2 heterocycles. The molecule has 0 saturated carbocycles. The molecule has 1 N–H and O–H groups in total. The van der Waals surface area contributed by atoms with Crippen molar-refractivity contribution < 1.29 is 0 Å². The second kappa shape index (κ2) is 12.9. The minimum Gasteiger partial charge on any atom is -0.356 e. The number of nitrogens with zero attached hydrogens (tertiary/aromatic N) is 4. The van der Waals surface area contributed by atoms with Crippen LogP contribution in [0, 0.1) is 12.8 Å². The van der Waals surface area contributed by atoms with Gasteiger partial charge in [0, 0.05) is 44.0 Å². The second-order valence-corrected chi connectivity index (χ2v) is 9.65.